The van der Waals surface area contributed by atoms with Crippen LogP contribution < -0.4 is 10.1 Å². The minimum absolute atomic E-state index is 0.101. The summed E-state index contributed by atoms with van der Waals surface area (Å²) in [6, 6.07) is 8.71. The molecule has 2 fully saturated rings. The first kappa shape index (κ1) is 21.2. The van der Waals surface area contributed by atoms with Crippen LogP contribution >= 0.6 is 11.8 Å². The molecule has 0 aliphatic heterocycles. The fourth-order valence-corrected chi connectivity index (χ4v) is 5.56. The van der Waals surface area contributed by atoms with Gasteiger partial charge in [-0.25, -0.2) is 0 Å². The van der Waals surface area contributed by atoms with E-state index in [1.807, 2.05) is 24.3 Å². The lowest BCUT2D eigenvalue weighted by Crippen LogP contribution is -2.34. The number of nitrogens with one attached hydrogen (secondary N) is 1. The SMILES string of the molecule is COc1ccc(-c2nnc(SCC(=O)NC3CCCC3)n2[C@H]2CCCC[C@H]2C)cc1. The van der Waals surface area contributed by atoms with Gasteiger partial charge in [-0.05, 0) is 55.9 Å². The first-order valence-corrected chi connectivity index (χ1v) is 12.2. The Labute approximate surface area is 183 Å². The van der Waals surface area contributed by atoms with Gasteiger partial charge in [-0.1, -0.05) is 44.4 Å². The second-order valence-corrected chi connectivity index (χ2v) is 9.51. The Kier molecular flexibility index (Phi) is 6.97. The molecule has 0 saturated heterocycles. The van der Waals surface area contributed by atoms with Gasteiger partial charge >= 0.3 is 0 Å². The molecule has 1 N–H and O–H groups in total. The van der Waals surface area contributed by atoms with Crippen molar-refractivity contribution in [2.24, 2.45) is 5.92 Å². The first-order valence-electron chi connectivity index (χ1n) is 11.2. The van der Waals surface area contributed by atoms with Crippen LogP contribution in [-0.2, 0) is 4.79 Å². The Morgan fingerprint density at radius 3 is 2.50 bits per heavy atom. The highest BCUT2D eigenvalue weighted by Crippen LogP contribution is 2.39. The summed E-state index contributed by atoms with van der Waals surface area (Å²) in [5.41, 5.74) is 1.03. The molecule has 2 aliphatic carbocycles. The third-order valence-electron chi connectivity index (χ3n) is 6.46. The van der Waals surface area contributed by atoms with Gasteiger partial charge in [-0.2, -0.15) is 0 Å². The molecule has 4 rings (SSSR count). The van der Waals surface area contributed by atoms with Crippen LogP contribution in [0.5, 0.6) is 5.75 Å². The Morgan fingerprint density at radius 1 is 1.10 bits per heavy atom. The summed E-state index contributed by atoms with van der Waals surface area (Å²) in [4.78, 5) is 12.5. The van der Waals surface area contributed by atoms with E-state index in [4.69, 9.17) is 4.74 Å². The van der Waals surface area contributed by atoms with Crippen LogP contribution in [0.25, 0.3) is 11.4 Å². The van der Waals surface area contributed by atoms with Crippen molar-refractivity contribution in [3.63, 3.8) is 0 Å². The molecule has 2 atom stereocenters. The predicted octanol–water partition coefficient (Wildman–Crippen LogP) is 4.86. The molecular weight excluding hydrogens is 396 g/mol. The molecule has 2 aromatic rings. The van der Waals surface area contributed by atoms with Gasteiger partial charge in [-0.3, -0.25) is 9.36 Å². The average molecular weight is 429 g/mol. The number of hydrogen-bond acceptors (Lipinski definition) is 5. The van der Waals surface area contributed by atoms with Crippen molar-refractivity contribution in [2.45, 2.75) is 75.5 Å². The number of benzene rings is 1. The fourth-order valence-electron chi connectivity index (χ4n) is 4.76. The molecule has 2 aliphatic rings. The zero-order valence-electron chi connectivity index (χ0n) is 18.0. The Hall–Kier alpha value is -2.02. The minimum atomic E-state index is 0.101. The standard InChI is InChI=1S/C23H32N4O2S/c1-16-7-3-6-10-20(16)27-22(17-11-13-19(29-2)14-12-17)25-26-23(27)30-15-21(28)24-18-8-4-5-9-18/h11-14,16,18,20H,3-10,15H2,1-2H3,(H,24,28)/t16-,20+/m1/s1. The van der Waals surface area contributed by atoms with E-state index in [0.717, 1.165) is 41.6 Å². The van der Waals surface area contributed by atoms with Crippen molar-refractivity contribution >= 4 is 17.7 Å². The minimum Gasteiger partial charge on any atom is -0.497 e. The molecule has 0 unspecified atom stereocenters. The number of hydrogen-bond donors (Lipinski definition) is 1. The third-order valence-corrected chi connectivity index (χ3v) is 7.41. The molecule has 2 saturated carbocycles. The van der Waals surface area contributed by atoms with Crippen molar-refractivity contribution in [1.29, 1.82) is 0 Å². The Morgan fingerprint density at radius 2 is 1.80 bits per heavy atom. The van der Waals surface area contributed by atoms with Gasteiger partial charge in [0.05, 0.1) is 12.9 Å². The van der Waals surface area contributed by atoms with Gasteiger partial charge in [0.2, 0.25) is 5.91 Å². The smallest absolute Gasteiger partial charge is 0.230 e. The second kappa shape index (κ2) is 9.86. The van der Waals surface area contributed by atoms with Gasteiger partial charge in [0, 0.05) is 17.6 Å². The number of amides is 1. The number of methoxy groups -OCH3 is 1. The van der Waals surface area contributed by atoms with E-state index in [2.05, 4.69) is 27.0 Å². The summed E-state index contributed by atoms with van der Waals surface area (Å²) in [7, 11) is 1.67. The maximum absolute atomic E-state index is 12.5. The van der Waals surface area contributed by atoms with E-state index in [1.165, 1.54) is 43.9 Å². The lowest BCUT2D eigenvalue weighted by molar-refractivity contribution is -0.119. The summed E-state index contributed by atoms with van der Waals surface area (Å²) in [6.07, 6.45) is 9.50. The second-order valence-electron chi connectivity index (χ2n) is 8.57. The average Bonchev–Trinajstić information content (AvgIpc) is 3.42. The number of thioether (sulfide) groups is 1. The molecule has 6 nitrogen and oxygen atoms in total. The van der Waals surface area contributed by atoms with E-state index in [9.17, 15) is 4.79 Å². The van der Waals surface area contributed by atoms with Crippen LogP contribution in [0.15, 0.2) is 29.4 Å². The highest BCUT2D eigenvalue weighted by Gasteiger charge is 2.29. The maximum Gasteiger partial charge on any atom is 0.230 e. The highest BCUT2D eigenvalue weighted by molar-refractivity contribution is 7.99. The number of carbonyl (C=O) groups is 1. The fraction of sp³-hybridized carbons (Fsp3) is 0.609. The summed E-state index contributed by atoms with van der Waals surface area (Å²) in [6.45, 7) is 2.32. The molecule has 0 spiro atoms. The van der Waals surface area contributed by atoms with E-state index >= 15 is 0 Å². The topological polar surface area (TPSA) is 69.0 Å². The molecule has 0 bridgehead atoms. The van der Waals surface area contributed by atoms with E-state index in [1.54, 1.807) is 7.11 Å². The third kappa shape index (κ3) is 4.82. The van der Waals surface area contributed by atoms with Crippen LogP contribution in [0.1, 0.15) is 64.3 Å². The zero-order valence-corrected chi connectivity index (χ0v) is 18.8. The summed E-state index contributed by atoms with van der Waals surface area (Å²) in [5.74, 6) is 2.77. The van der Waals surface area contributed by atoms with Crippen LogP contribution in [-0.4, -0.2) is 39.6 Å². The van der Waals surface area contributed by atoms with E-state index in [0.29, 0.717) is 23.8 Å². The molecule has 162 valence electrons. The number of rotatable bonds is 7. The quantitative estimate of drug-likeness (QED) is 0.638. The van der Waals surface area contributed by atoms with Gasteiger partial charge in [0.25, 0.3) is 0 Å². The Bertz CT molecular complexity index is 845. The first-order chi connectivity index (χ1) is 14.7. The molecule has 1 aromatic carbocycles. The number of carbonyl (C=O) groups excluding carboxylic acids is 1. The van der Waals surface area contributed by atoms with Crippen LogP contribution in [0.3, 0.4) is 0 Å². The molecule has 1 amide bonds. The summed E-state index contributed by atoms with van der Waals surface area (Å²) in [5, 5.41) is 13.1. The normalized spacial score (nSPS) is 22.2. The van der Waals surface area contributed by atoms with Crippen LogP contribution in [0.4, 0.5) is 0 Å². The van der Waals surface area contributed by atoms with Crippen LogP contribution in [0.2, 0.25) is 0 Å². The monoisotopic (exact) mass is 428 g/mol. The summed E-state index contributed by atoms with van der Waals surface area (Å²) >= 11 is 1.51. The lowest BCUT2D eigenvalue weighted by Gasteiger charge is -2.31. The molecular formula is C23H32N4O2S. The van der Waals surface area contributed by atoms with Crippen molar-refractivity contribution in [3.8, 4) is 17.1 Å². The van der Waals surface area contributed by atoms with Gasteiger partial charge < -0.3 is 10.1 Å². The van der Waals surface area contributed by atoms with Crippen molar-refractivity contribution in [3.05, 3.63) is 24.3 Å². The number of ether oxygens (including phenoxy) is 1. The number of aromatic nitrogens is 3. The van der Waals surface area contributed by atoms with Gasteiger partial charge in [-0.15, -0.1) is 10.2 Å². The van der Waals surface area contributed by atoms with E-state index in [-0.39, 0.29) is 5.91 Å². The van der Waals surface area contributed by atoms with Gasteiger partial charge in [0.15, 0.2) is 11.0 Å². The molecule has 1 aromatic heterocycles. The van der Waals surface area contributed by atoms with E-state index < -0.39 is 0 Å². The highest BCUT2D eigenvalue weighted by atomic mass is 32.2. The van der Waals surface area contributed by atoms with Crippen LogP contribution in [0, 0.1) is 5.92 Å². The lowest BCUT2D eigenvalue weighted by atomic mass is 9.85. The maximum atomic E-state index is 12.5. The number of nitrogens with zero attached hydrogens (tertiary/aromatic N) is 3. The van der Waals surface area contributed by atoms with Crippen molar-refractivity contribution in [2.75, 3.05) is 12.9 Å². The largest absolute Gasteiger partial charge is 0.497 e. The zero-order chi connectivity index (χ0) is 20.9. The molecule has 1 heterocycles. The molecule has 0 radical (unpaired) electrons. The summed E-state index contributed by atoms with van der Waals surface area (Å²) < 4.78 is 7.59. The molecule has 30 heavy (non-hydrogen) atoms. The molecule has 7 heteroatoms. The Balaban J connectivity index is 1.56. The van der Waals surface area contributed by atoms with Crippen molar-refractivity contribution in [1.82, 2.24) is 20.1 Å². The predicted molar refractivity (Wildman–Crippen MR) is 120 cm³/mol. The van der Waals surface area contributed by atoms with Gasteiger partial charge in [0.1, 0.15) is 5.75 Å². The van der Waals surface area contributed by atoms with Crippen molar-refractivity contribution < 1.29 is 9.53 Å².